The van der Waals surface area contributed by atoms with Crippen LogP contribution < -0.4 is 4.90 Å². The van der Waals surface area contributed by atoms with E-state index in [0.717, 1.165) is 16.0 Å². The second-order valence-corrected chi connectivity index (χ2v) is 5.51. The van der Waals surface area contributed by atoms with Crippen LogP contribution in [0.1, 0.15) is 13.3 Å². The Balaban J connectivity index is 2.41. The van der Waals surface area contributed by atoms with Crippen molar-refractivity contribution in [3.8, 4) is 11.1 Å². The van der Waals surface area contributed by atoms with Crippen LogP contribution in [0.25, 0.3) is 11.1 Å². The van der Waals surface area contributed by atoms with Crippen molar-refractivity contribution in [2.45, 2.75) is 25.5 Å². The lowest BCUT2D eigenvalue weighted by Gasteiger charge is -2.30. The van der Waals surface area contributed by atoms with Gasteiger partial charge < -0.3 is 14.9 Å². The summed E-state index contributed by atoms with van der Waals surface area (Å²) in [7, 11) is 1.17. The quantitative estimate of drug-likeness (QED) is 0.841. The molecule has 132 valence electrons. The number of ether oxygens (including phenoxy) is 1. The SMILES string of the molecule is CC[C@@H](O)[C@@H](C(=O)O)N(C(=O)OC)c1ccc(-c2ccccc2)cc1. The number of hydrogen-bond donors (Lipinski definition) is 2. The third-order valence-electron chi connectivity index (χ3n) is 3.94. The maximum Gasteiger partial charge on any atom is 0.414 e. The van der Waals surface area contributed by atoms with Crippen LogP contribution in [-0.4, -0.2) is 41.5 Å². The van der Waals surface area contributed by atoms with Gasteiger partial charge in [-0.1, -0.05) is 49.4 Å². The number of amides is 1. The minimum Gasteiger partial charge on any atom is -0.480 e. The highest BCUT2D eigenvalue weighted by atomic mass is 16.5. The number of methoxy groups -OCH3 is 1. The van der Waals surface area contributed by atoms with Gasteiger partial charge in [-0.15, -0.1) is 0 Å². The van der Waals surface area contributed by atoms with Crippen LogP contribution in [0.15, 0.2) is 54.6 Å². The topological polar surface area (TPSA) is 87.1 Å². The number of carbonyl (C=O) groups is 2. The van der Waals surface area contributed by atoms with Gasteiger partial charge in [0.15, 0.2) is 6.04 Å². The summed E-state index contributed by atoms with van der Waals surface area (Å²) in [5, 5.41) is 19.5. The molecule has 0 spiro atoms. The summed E-state index contributed by atoms with van der Waals surface area (Å²) in [5.74, 6) is -1.30. The average molecular weight is 343 g/mol. The number of benzene rings is 2. The van der Waals surface area contributed by atoms with E-state index < -0.39 is 24.2 Å². The molecule has 0 aliphatic rings. The molecule has 2 aromatic carbocycles. The highest BCUT2D eigenvalue weighted by molar-refractivity contribution is 5.95. The first-order valence-corrected chi connectivity index (χ1v) is 7.93. The van der Waals surface area contributed by atoms with Crippen molar-refractivity contribution in [2.24, 2.45) is 0 Å². The van der Waals surface area contributed by atoms with Crippen LogP contribution in [0.4, 0.5) is 10.5 Å². The summed E-state index contributed by atoms with van der Waals surface area (Å²) >= 11 is 0. The zero-order valence-electron chi connectivity index (χ0n) is 14.1. The predicted molar refractivity (Wildman–Crippen MR) is 94.5 cm³/mol. The second kappa shape index (κ2) is 8.30. The summed E-state index contributed by atoms with van der Waals surface area (Å²) in [6.07, 6.45) is -1.87. The summed E-state index contributed by atoms with van der Waals surface area (Å²) in [6.45, 7) is 1.65. The van der Waals surface area contributed by atoms with Gasteiger partial charge in [0, 0.05) is 5.69 Å². The number of carboxylic acids is 1. The zero-order chi connectivity index (χ0) is 18.4. The zero-order valence-corrected chi connectivity index (χ0v) is 14.1. The lowest BCUT2D eigenvalue weighted by molar-refractivity contribution is -0.141. The summed E-state index contributed by atoms with van der Waals surface area (Å²) in [4.78, 5) is 24.7. The van der Waals surface area contributed by atoms with Gasteiger partial charge in [0.2, 0.25) is 0 Å². The third kappa shape index (κ3) is 4.16. The highest BCUT2D eigenvalue weighted by Gasteiger charge is 2.36. The molecule has 25 heavy (non-hydrogen) atoms. The molecule has 1 amide bonds. The molecule has 6 nitrogen and oxygen atoms in total. The average Bonchev–Trinajstić information content (AvgIpc) is 2.65. The van der Waals surface area contributed by atoms with E-state index in [4.69, 9.17) is 4.74 Å². The Morgan fingerprint density at radius 1 is 1.04 bits per heavy atom. The Bertz CT molecular complexity index is 714. The monoisotopic (exact) mass is 343 g/mol. The van der Waals surface area contributed by atoms with E-state index in [9.17, 15) is 19.8 Å². The van der Waals surface area contributed by atoms with Crippen LogP contribution in [0.5, 0.6) is 0 Å². The Hall–Kier alpha value is -2.86. The maximum atomic E-state index is 12.2. The molecule has 0 aliphatic heterocycles. The number of carbonyl (C=O) groups excluding carboxylic acids is 1. The van der Waals surface area contributed by atoms with E-state index in [-0.39, 0.29) is 6.42 Å². The number of hydrogen-bond acceptors (Lipinski definition) is 4. The molecule has 0 heterocycles. The van der Waals surface area contributed by atoms with Gasteiger partial charge in [0.1, 0.15) is 0 Å². The van der Waals surface area contributed by atoms with Crippen molar-refractivity contribution in [2.75, 3.05) is 12.0 Å². The van der Waals surface area contributed by atoms with E-state index in [1.165, 1.54) is 7.11 Å². The first-order valence-electron chi connectivity index (χ1n) is 7.93. The molecule has 0 unspecified atom stereocenters. The van der Waals surface area contributed by atoms with Crippen molar-refractivity contribution < 1.29 is 24.5 Å². The fourth-order valence-electron chi connectivity index (χ4n) is 2.59. The number of rotatable bonds is 6. The van der Waals surface area contributed by atoms with Crippen molar-refractivity contribution >= 4 is 17.7 Å². The van der Waals surface area contributed by atoms with E-state index in [1.54, 1.807) is 31.2 Å². The van der Waals surface area contributed by atoms with Crippen LogP contribution in [-0.2, 0) is 9.53 Å². The Labute approximate surface area is 146 Å². The molecule has 2 N–H and O–H groups in total. The summed E-state index contributed by atoms with van der Waals surface area (Å²) in [5.41, 5.74) is 2.27. The number of carboxylic acid groups (broad SMARTS) is 1. The van der Waals surface area contributed by atoms with Crippen molar-refractivity contribution in [3.63, 3.8) is 0 Å². The molecule has 2 aromatic rings. The standard InChI is InChI=1S/C19H21NO5/c1-3-16(21)17(18(22)23)20(19(24)25-2)15-11-9-14(10-12-15)13-7-5-4-6-8-13/h4-12,16-17,21H,3H2,1-2H3,(H,22,23)/t16-,17+/m1/s1. The molecular weight excluding hydrogens is 322 g/mol. The highest BCUT2D eigenvalue weighted by Crippen LogP contribution is 2.26. The van der Waals surface area contributed by atoms with E-state index in [2.05, 4.69) is 0 Å². The van der Waals surface area contributed by atoms with E-state index in [1.807, 2.05) is 30.3 Å². The van der Waals surface area contributed by atoms with E-state index >= 15 is 0 Å². The number of nitrogens with zero attached hydrogens (tertiary/aromatic N) is 1. The molecule has 6 heteroatoms. The fraction of sp³-hybridized carbons (Fsp3) is 0.263. The maximum absolute atomic E-state index is 12.2. The Morgan fingerprint density at radius 2 is 1.60 bits per heavy atom. The third-order valence-corrected chi connectivity index (χ3v) is 3.94. The van der Waals surface area contributed by atoms with Crippen LogP contribution >= 0.6 is 0 Å². The first kappa shape index (κ1) is 18.5. The molecule has 0 aliphatic carbocycles. The molecule has 0 bridgehead atoms. The summed E-state index contributed by atoms with van der Waals surface area (Å²) in [6, 6.07) is 15.1. The predicted octanol–water partition coefficient (Wildman–Crippen LogP) is 3.15. The van der Waals surface area contributed by atoms with Crippen molar-refractivity contribution in [1.82, 2.24) is 0 Å². The molecule has 2 atom stereocenters. The largest absolute Gasteiger partial charge is 0.480 e. The lowest BCUT2D eigenvalue weighted by Crippen LogP contribution is -2.52. The lowest BCUT2D eigenvalue weighted by atomic mass is 10.0. The number of aliphatic carboxylic acids is 1. The molecule has 0 aromatic heterocycles. The first-order chi connectivity index (χ1) is 12.0. The molecular formula is C19H21NO5. The van der Waals surface area contributed by atoms with Crippen molar-refractivity contribution in [1.29, 1.82) is 0 Å². The van der Waals surface area contributed by atoms with Crippen molar-refractivity contribution in [3.05, 3.63) is 54.6 Å². The van der Waals surface area contributed by atoms with Gasteiger partial charge in [-0.3, -0.25) is 4.90 Å². The molecule has 0 saturated carbocycles. The fourth-order valence-corrected chi connectivity index (χ4v) is 2.59. The molecule has 2 rings (SSSR count). The van der Waals surface area contributed by atoms with Gasteiger partial charge >= 0.3 is 12.1 Å². The van der Waals surface area contributed by atoms with E-state index in [0.29, 0.717) is 5.69 Å². The minimum atomic E-state index is -1.43. The number of aliphatic hydroxyl groups excluding tert-OH is 1. The number of anilines is 1. The van der Waals surface area contributed by atoms with Gasteiger partial charge in [-0.25, -0.2) is 9.59 Å². The van der Waals surface area contributed by atoms with Crippen LogP contribution in [0, 0.1) is 0 Å². The molecule has 0 saturated heterocycles. The van der Waals surface area contributed by atoms with Gasteiger partial charge in [-0.05, 0) is 29.7 Å². The van der Waals surface area contributed by atoms with Gasteiger partial charge in [-0.2, -0.15) is 0 Å². The van der Waals surface area contributed by atoms with Gasteiger partial charge in [0.05, 0.1) is 13.2 Å². The van der Waals surface area contributed by atoms with Crippen LogP contribution in [0.2, 0.25) is 0 Å². The molecule has 0 fully saturated rings. The smallest absolute Gasteiger partial charge is 0.414 e. The van der Waals surface area contributed by atoms with Gasteiger partial charge in [0.25, 0.3) is 0 Å². The second-order valence-electron chi connectivity index (χ2n) is 5.51. The Kier molecular flexibility index (Phi) is 6.14. The number of aliphatic hydroxyl groups is 1. The minimum absolute atomic E-state index is 0.187. The normalized spacial score (nSPS) is 12.9. The summed E-state index contributed by atoms with van der Waals surface area (Å²) < 4.78 is 4.72. The molecule has 0 radical (unpaired) electrons. The van der Waals surface area contributed by atoms with Crippen LogP contribution in [0.3, 0.4) is 0 Å². The Morgan fingerprint density at radius 3 is 2.08 bits per heavy atom.